The molecule has 0 fully saturated rings. The van der Waals surface area contributed by atoms with Crippen molar-refractivity contribution >= 4 is 28.1 Å². The standard InChI is InChI=1S/C23H21N3O2/c27-22(25-16-13-17-7-1-2-8-18(17)25)12-6-15-26-20-10-4-3-9-19(20)24-14-5-11-21(24)23(26)28/h1-5,7-11,14H,6,12-13,15-16H2. The number of carbonyl (C=O) groups excluding carboxylic acids is 1. The lowest BCUT2D eigenvalue weighted by Crippen LogP contribution is -2.29. The molecule has 1 amide bonds. The molecular formula is C23H21N3O2. The van der Waals surface area contributed by atoms with Crippen LogP contribution in [-0.4, -0.2) is 21.4 Å². The number of carbonyl (C=O) groups is 1. The summed E-state index contributed by atoms with van der Waals surface area (Å²) in [6.07, 6.45) is 3.90. The zero-order chi connectivity index (χ0) is 19.1. The molecule has 0 radical (unpaired) electrons. The van der Waals surface area contributed by atoms with E-state index in [0.29, 0.717) is 24.9 Å². The molecule has 5 heteroatoms. The molecule has 0 atom stereocenters. The van der Waals surface area contributed by atoms with E-state index in [1.54, 1.807) is 4.57 Å². The van der Waals surface area contributed by atoms with Gasteiger partial charge in [-0.15, -0.1) is 0 Å². The molecule has 1 aliphatic rings. The van der Waals surface area contributed by atoms with Crippen LogP contribution < -0.4 is 10.5 Å². The highest BCUT2D eigenvalue weighted by molar-refractivity contribution is 5.95. The zero-order valence-electron chi connectivity index (χ0n) is 15.5. The Morgan fingerprint density at radius 2 is 1.64 bits per heavy atom. The minimum absolute atomic E-state index is 0.0114. The Hall–Kier alpha value is -3.34. The van der Waals surface area contributed by atoms with Crippen molar-refractivity contribution in [3.63, 3.8) is 0 Å². The number of aromatic nitrogens is 2. The monoisotopic (exact) mass is 371 g/mol. The first-order chi connectivity index (χ1) is 13.7. The summed E-state index contributed by atoms with van der Waals surface area (Å²) >= 11 is 0. The van der Waals surface area contributed by atoms with Gasteiger partial charge in [-0.3, -0.25) is 9.59 Å². The lowest BCUT2D eigenvalue weighted by Gasteiger charge is -2.18. The molecule has 4 aromatic rings. The molecule has 0 aliphatic carbocycles. The van der Waals surface area contributed by atoms with Crippen molar-refractivity contribution in [2.75, 3.05) is 11.4 Å². The van der Waals surface area contributed by atoms with Gasteiger partial charge < -0.3 is 13.9 Å². The minimum atomic E-state index is -0.0114. The fourth-order valence-corrected chi connectivity index (χ4v) is 4.25. The summed E-state index contributed by atoms with van der Waals surface area (Å²) in [5.74, 6) is 0.131. The van der Waals surface area contributed by atoms with E-state index in [0.717, 1.165) is 29.7 Å². The first-order valence-electron chi connectivity index (χ1n) is 9.71. The summed E-state index contributed by atoms with van der Waals surface area (Å²) in [6, 6.07) is 19.7. The zero-order valence-corrected chi connectivity index (χ0v) is 15.5. The maximum atomic E-state index is 12.9. The predicted octanol–water partition coefficient (Wildman–Crippen LogP) is 3.62. The molecule has 0 unspecified atom stereocenters. The highest BCUT2D eigenvalue weighted by Gasteiger charge is 2.23. The van der Waals surface area contributed by atoms with E-state index in [1.807, 2.05) is 70.1 Å². The Morgan fingerprint density at radius 3 is 2.54 bits per heavy atom. The van der Waals surface area contributed by atoms with Gasteiger partial charge in [0, 0.05) is 31.4 Å². The third kappa shape index (κ3) is 2.62. The molecule has 0 saturated heterocycles. The largest absolute Gasteiger partial charge is 0.312 e. The number of anilines is 1. The van der Waals surface area contributed by atoms with E-state index < -0.39 is 0 Å². The van der Waals surface area contributed by atoms with Gasteiger partial charge in [-0.2, -0.15) is 0 Å². The highest BCUT2D eigenvalue weighted by atomic mass is 16.2. The molecule has 140 valence electrons. The fourth-order valence-electron chi connectivity index (χ4n) is 4.25. The molecule has 5 rings (SSSR count). The molecule has 0 saturated carbocycles. The smallest absolute Gasteiger partial charge is 0.275 e. The Labute approximate surface area is 162 Å². The van der Waals surface area contributed by atoms with E-state index in [2.05, 4.69) is 6.07 Å². The van der Waals surface area contributed by atoms with Crippen LogP contribution in [0.5, 0.6) is 0 Å². The van der Waals surface area contributed by atoms with Crippen molar-refractivity contribution in [1.29, 1.82) is 0 Å². The van der Waals surface area contributed by atoms with Crippen LogP contribution in [0.15, 0.2) is 71.7 Å². The first kappa shape index (κ1) is 16.8. The maximum Gasteiger partial charge on any atom is 0.275 e. The second kappa shape index (κ2) is 6.68. The van der Waals surface area contributed by atoms with Crippen molar-refractivity contribution in [2.24, 2.45) is 0 Å². The maximum absolute atomic E-state index is 12.9. The van der Waals surface area contributed by atoms with Crippen molar-refractivity contribution in [1.82, 2.24) is 8.97 Å². The predicted molar refractivity (Wildman–Crippen MR) is 111 cm³/mol. The van der Waals surface area contributed by atoms with Gasteiger partial charge in [0.05, 0.1) is 11.0 Å². The third-order valence-electron chi connectivity index (χ3n) is 5.61. The van der Waals surface area contributed by atoms with Crippen molar-refractivity contribution < 1.29 is 4.79 Å². The molecule has 3 heterocycles. The van der Waals surface area contributed by atoms with Crippen LogP contribution in [0.25, 0.3) is 16.6 Å². The lowest BCUT2D eigenvalue weighted by atomic mass is 10.2. The van der Waals surface area contributed by atoms with Crippen LogP contribution in [0.1, 0.15) is 18.4 Å². The van der Waals surface area contributed by atoms with Gasteiger partial charge in [0.25, 0.3) is 5.56 Å². The Morgan fingerprint density at radius 1 is 0.893 bits per heavy atom. The normalized spacial score (nSPS) is 13.4. The number of aryl methyl sites for hydroxylation is 1. The molecule has 0 N–H and O–H groups in total. The second-order valence-electron chi connectivity index (χ2n) is 7.24. The minimum Gasteiger partial charge on any atom is -0.312 e. The average Bonchev–Trinajstić information content (AvgIpc) is 3.38. The van der Waals surface area contributed by atoms with E-state index in [4.69, 9.17) is 0 Å². The van der Waals surface area contributed by atoms with Gasteiger partial charge in [0.15, 0.2) is 0 Å². The third-order valence-corrected chi connectivity index (χ3v) is 5.61. The molecule has 0 bridgehead atoms. The van der Waals surface area contributed by atoms with Crippen LogP contribution in [-0.2, 0) is 17.8 Å². The number of fused-ring (bicyclic) bond motifs is 4. The van der Waals surface area contributed by atoms with Gasteiger partial charge in [0.1, 0.15) is 5.52 Å². The molecule has 1 aliphatic heterocycles. The van der Waals surface area contributed by atoms with Gasteiger partial charge >= 0.3 is 0 Å². The van der Waals surface area contributed by atoms with Crippen molar-refractivity contribution in [2.45, 2.75) is 25.8 Å². The van der Waals surface area contributed by atoms with E-state index >= 15 is 0 Å². The second-order valence-corrected chi connectivity index (χ2v) is 7.24. The number of amides is 1. The van der Waals surface area contributed by atoms with Gasteiger partial charge in [0.2, 0.25) is 5.91 Å². The molecule has 28 heavy (non-hydrogen) atoms. The molecule has 0 spiro atoms. The molecule has 2 aromatic heterocycles. The molecular weight excluding hydrogens is 350 g/mol. The number of para-hydroxylation sites is 3. The Balaban J connectivity index is 1.39. The summed E-state index contributed by atoms with van der Waals surface area (Å²) in [6.45, 7) is 1.28. The summed E-state index contributed by atoms with van der Waals surface area (Å²) in [4.78, 5) is 27.6. The van der Waals surface area contributed by atoms with E-state index in [1.165, 1.54) is 5.56 Å². The van der Waals surface area contributed by atoms with Crippen LogP contribution >= 0.6 is 0 Å². The topological polar surface area (TPSA) is 46.7 Å². The fraction of sp³-hybridized carbons (Fsp3) is 0.217. The number of rotatable bonds is 4. The SMILES string of the molecule is O=C(CCCn1c(=O)c2cccn2c2ccccc21)N1CCc2ccccc21. The van der Waals surface area contributed by atoms with Crippen LogP contribution in [0.3, 0.4) is 0 Å². The summed E-state index contributed by atoms with van der Waals surface area (Å²) in [7, 11) is 0. The van der Waals surface area contributed by atoms with E-state index in [9.17, 15) is 9.59 Å². The average molecular weight is 371 g/mol. The van der Waals surface area contributed by atoms with E-state index in [-0.39, 0.29) is 11.5 Å². The van der Waals surface area contributed by atoms with Crippen LogP contribution in [0.2, 0.25) is 0 Å². The number of benzene rings is 2. The summed E-state index contributed by atoms with van der Waals surface area (Å²) < 4.78 is 3.73. The lowest BCUT2D eigenvalue weighted by molar-refractivity contribution is -0.118. The first-order valence-corrected chi connectivity index (χ1v) is 9.71. The number of nitrogens with zero attached hydrogens (tertiary/aromatic N) is 3. The Kier molecular flexibility index (Phi) is 4.01. The summed E-state index contributed by atoms with van der Waals surface area (Å²) in [5.41, 5.74) is 4.82. The summed E-state index contributed by atoms with van der Waals surface area (Å²) in [5, 5.41) is 0. The number of hydrogen-bond acceptors (Lipinski definition) is 2. The molecule has 5 nitrogen and oxygen atoms in total. The van der Waals surface area contributed by atoms with Crippen molar-refractivity contribution in [3.8, 4) is 0 Å². The van der Waals surface area contributed by atoms with Gasteiger partial charge in [-0.25, -0.2) is 0 Å². The number of hydrogen-bond donors (Lipinski definition) is 0. The van der Waals surface area contributed by atoms with Crippen LogP contribution in [0, 0.1) is 0 Å². The highest BCUT2D eigenvalue weighted by Crippen LogP contribution is 2.28. The molecule has 2 aromatic carbocycles. The van der Waals surface area contributed by atoms with Crippen molar-refractivity contribution in [3.05, 3.63) is 82.8 Å². The van der Waals surface area contributed by atoms with Gasteiger partial charge in [-0.1, -0.05) is 30.3 Å². The quantitative estimate of drug-likeness (QED) is 0.550. The van der Waals surface area contributed by atoms with Gasteiger partial charge in [-0.05, 0) is 48.7 Å². The Bertz CT molecular complexity index is 1250. The van der Waals surface area contributed by atoms with Crippen LogP contribution in [0.4, 0.5) is 5.69 Å².